The van der Waals surface area contributed by atoms with Crippen molar-refractivity contribution in [3.63, 3.8) is 0 Å². The molecule has 2 heterocycles. The monoisotopic (exact) mass is 454 g/mol. The van der Waals surface area contributed by atoms with E-state index in [1.807, 2.05) is 0 Å². The number of ether oxygens (including phenoxy) is 1. The average molecular weight is 455 g/mol. The van der Waals surface area contributed by atoms with E-state index in [2.05, 4.69) is 0 Å². The Morgan fingerprint density at radius 1 is 0.848 bits per heavy atom. The van der Waals surface area contributed by atoms with Crippen LogP contribution in [0.4, 0.5) is 0 Å². The van der Waals surface area contributed by atoms with Gasteiger partial charge in [-0.25, -0.2) is 0 Å². The van der Waals surface area contributed by atoms with E-state index in [9.17, 15) is 19.2 Å². The van der Waals surface area contributed by atoms with E-state index in [4.69, 9.17) is 18.4 Å². The molecule has 1 fully saturated rings. The lowest BCUT2D eigenvalue weighted by atomic mass is 9.92. The van der Waals surface area contributed by atoms with Crippen LogP contribution in [0.3, 0.4) is 0 Å². The van der Waals surface area contributed by atoms with Gasteiger partial charge in [-0.05, 0) is 44.1 Å². The fraction of sp³-hybridized carbons (Fsp3) is 0.231. The molecule has 1 saturated heterocycles. The van der Waals surface area contributed by atoms with E-state index < -0.39 is 88.8 Å². The topological polar surface area (TPSA) is 84.0 Å². The number of carbonyl (C=O) groups excluding carboxylic acids is 4. The van der Waals surface area contributed by atoms with Crippen molar-refractivity contribution >= 4 is 23.6 Å². The summed E-state index contributed by atoms with van der Waals surface area (Å²) < 4.78 is 84.3. The molecule has 3 aliphatic rings. The van der Waals surface area contributed by atoms with Gasteiger partial charge in [0, 0.05) is 27.4 Å². The number of hydrogen-bond acceptors (Lipinski definition) is 5. The van der Waals surface area contributed by atoms with Gasteiger partial charge < -0.3 is 4.74 Å². The lowest BCUT2D eigenvalue weighted by molar-refractivity contribution is -0.137. The number of hydrogen-bond donors (Lipinski definition) is 0. The maximum Gasteiger partial charge on any atom is 0.261 e. The Morgan fingerprint density at radius 3 is 2.09 bits per heavy atom. The van der Waals surface area contributed by atoms with E-state index in [0.717, 1.165) is 11.9 Å². The van der Waals surface area contributed by atoms with Gasteiger partial charge in [-0.15, -0.1) is 0 Å². The van der Waals surface area contributed by atoms with Crippen LogP contribution in [0.1, 0.15) is 51.9 Å². The molecule has 1 aliphatic carbocycles. The number of benzene rings is 2. The SMILES string of the molecule is [2H]C1=C(Oc2c([2H])c([2H])c3c(c2[2H])C(=O)N(C)C3=O)C([2H])C2C(=O)N(C)C(=O)C2=C1[2H].[2H]c1c([2H])c(C)c([2H])c([2H])c1C. The molecular formula is C26H24N2O5. The Balaban J connectivity index is 0.000000296. The van der Waals surface area contributed by atoms with E-state index in [-0.39, 0.29) is 29.7 Å². The number of amides is 4. The van der Waals surface area contributed by atoms with Crippen molar-refractivity contribution in [2.75, 3.05) is 14.1 Å². The highest BCUT2D eigenvalue weighted by Gasteiger charge is 2.42. The number of allylic oxidation sites excluding steroid dienone is 3. The molecule has 0 aromatic heterocycles. The summed E-state index contributed by atoms with van der Waals surface area (Å²) in [4.78, 5) is 50.6. The number of fused-ring (bicyclic) bond motifs is 2. The standard InChI is InChI=1S/C18H14N2O5.C8H10/c1-19-15(21)11-5-3-9(7-13(11)17(19)23)25-10-4-6-12-14(8-10)18(24)20(2)16(12)22;1-7-3-5-8(2)6-4-7/h3-7,14H,8H2,1-2H3;3-6H,1-2H3/i3D,4D,5D,6D,7D,8D;3D,4D,5D,6D. The lowest BCUT2D eigenvalue weighted by Gasteiger charge is -2.17. The molecular weight excluding hydrogens is 420 g/mol. The molecule has 2 aromatic rings. The minimum Gasteiger partial charge on any atom is -0.462 e. The van der Waals surface area contributed by atoms with Crippen LogP contribution in [0.15, 0.2) is 65.7 Å². The predicted octanol–water partition coefficient (Wildman–Crippen LogP) is 3.42. The first-order chi connectivity index (χ1) is 19.9. The zero-order chi connectivity index (χ0) is 32.6. The summed E-state index contributed by atoms with van der Waals surface area (Å²) in [5.41, 5.74) is -0.338. The van der Waals surface area contributed by atoms with Crippen molar-refractivity contribution in [2.24, 2.45) is 5.92 Å². The molecule has 0 bridgehead atoms. The van der Waals surface area contributed by atoms with Crippen LogP contribution in [-0.2, 0) is 9.59 Å². The van der Waals surface area contributed by atoms with Gasteiger partial charge in [0.2, 0.25) is 5.91 Å². The smallest absolute Gasteiger partial charge is 0.261 e. The van der Waals surface area contributed by atoms with E-state index in [1.54, 1.807) is 13.8 Å². The molecule has 7 heteroatoms. The van der Waals surface area contributed by atoms with Crippen molar-refractivity contribution in [3.8, 4) is 5.75 Å². The third-order valence-corrected chi connectivity index (χ3v) is 4.99. The number of rotatable bonds is 2. The summed E-state index contributed by atoms with van der Waals surface area (Å²) in [6.07, 6.45) is -1.63. The molecule has 0 spiro atoms. The molecule has 2 aliphatic heterocycles. The number of likely N-dealkylation sites (N-methyl/N-ethyl adjacent to an activating group) is 1. The van der Waals surface area contributed by atoms with Gasteiger partial charge in [-0.1, -0.05) is 35.3 Å². The first-order valence-electron chi connectivity index (χ1n) is 14.8. The van der Waals surface area contributed by atoms with Crippen molar-refractivity contribution < 1.29 is 37.6 Å². The highest BCUT2D eigenvalue weighted by atomic mass is 16.5. The third-order valence-electron chi connectivity index (χ3n) is 4.99. The normalized spacial score (nSPS) is 26.1. The Hall–Kier alpha value is -4.00. The Morgan fingerprint density at radius 2 is 1.45 bits per heavy atom. The number of imide groups is 2. The maximum atomic E-state index is 12.4. The fourth-order valence-electron chi connectivity index (χ4n) is 3.15. The van der Waals surface area contributed by atoms with E-state index >= 15 is 0 Å². The fourth-order valence-corrected chi connectivity index (χ4v) is 3.15. The lowest BCUT2D eigenvalue weighted by Crippen LogP contribution is -2.26. The largest absolute Gasteiger partial charge is 0.462 e. The van der Waals surface area contributed by atoms with Crippen LogP contribution in [-0.4, -0.2) is 47.5 Å². The van der Waals surface area contributed by atoms with Crippen LogP contribution >= 0.6 is 0 Å². The van der Waals surface area contributed by atoms with Gasteiger partial charge in [0.15, 0.2) is 0 Å². The zero-order valence-electron chi connectivity index (χ0n) is 28.1. The molecule has 0 saturated carbocycles. The van der Waals surface area contributed by atoms with Crippen molar-refractivity contribution in [1.82, 2.24) is 9.80 Å². The predicted molar refractivity (Wildman–Crippen MR) is 121 cm³/mol. The third kappa shape index (κ3) is 4.09. The maximum absolute atomic E-state index is 12.4. The highest BCUT2D eigenvalue weighted by Crippen LogP contribution is 2.35. The van der Waals surface area contributed by atoms with Crippen molar-refractivity contribution in [3.05, 3.63) is 88.0 Å². The van der Waals surface area contributed by atoms with Crippen LogP contribution in [0.25, 0.3) is 0 Å². The molecule has 2 unspecified atom stereocenters. The Labute approximate surface area is 206 Å². The van der Waals surface area contributed by atoms with Gasteiger partial charge in [-0.2, -0.15) is 0 Å². The van der Waals surface area contributed by atoms with E-state index in [1.165, 1.54) is 7.05 Å². The first kappa shape index (κ1) is 12.9. The second-order valence-corrected chi connectivity index (χ2v) is 7.35. The Kier molecular flexibility index (Phi) is 3.32. The number of carbonyl (C=O) groups is 4. The molecule has 0 N–H and O–H groups in total. The average Bonchev–Trinajstić information content (AvgIpc) is 3.35. The minimum atomic E-state index is -1.63. The highest BCUT2D eigenvalue weighted by molar-refractivity contribution is 6.21. The summed E-state index contributed by atoms with van der Waals surface area (Å²) in [7, 11) is 2.35. The number of nitrogens with zero attached hydrogens (tertiary/aromatic N) is 2. The molecule has 4 amide bonds. The minimum absolute atomic E-state index is 0.0634. The Bertz CT molecular complexity index is 1650. The summed E-state index contributed by atoms with van der Waals surface area (Å²) in [5, 5.41) is 0. The molecule has 168 valence electrons. The summed E-state index contributed by atoms with van der Waals surface area (Å²) in [6, 6.07) is -3.12. The molecule has 2 atom stereocenters. The van der Waals surface area contributed by atoms with Gasteiger partial charge in [0.05, 0.1) is 29.4 Å². The van der Waals surface area contributed by atoms with Gasteiger partial charge in [0.25, 0.3) is 17.7 Å². The van der Waals surface area contributed by atoms with Gasteiger partial charge in [-0.3, -0.25) is 29.0 Å². The molecule has 7 nitrogen and oxygen atoms in total. The van der Waals surface area contributed by atoms with Crippen LogP contribution in [0, 0.1) is 19.8 Å². The van der Waals surface area contributed by atoms with Crippen LogP contribution in [0.5, 0.6) is 5.75 Å². The first-order valence-corrected chi connectivity index (χ1v) is 9.71. The quantitative estimate of drug-likeness (QED) is 0.650. The molecule has 5 rings (SSSR count). The number of likely N-dealkylation sites (tertiary alicyclic amines) is 1. The summed E-state index contributed by atoms with van der Waals surface area (Å²) in [6.45, 7) is 3.19. The van der Waals surface area contributed by atoms with Crippen LogP contribution < -0.4 is 4.74 Å². The molecule has 33 heavy (non-hydrogen) atoms. The molecule has 2 aromatic carbocycles. The second-order valence-electron chi connectivity index (χ2n) is 7.35. The summed E-state index contributed by atoms with van der Waals surface area (Å²) in [5.74, 6) is -5.86. The summed E-state index contributed by atoms with van der Waals surface area (Å²) >= 11 is 0. The van der Waals surface area contributed by atoms with Gasteiger partial charge >= 0.3 is 0 Å². The van der Waals surface area contributed by atoms with Crippen molar-refractivity contribution in [2.45, 2.75) is 20.2 Å². The van der Waals surface area contributed by atoms with Crippen LogP contribution in [0.2, 0.25) is 0 Å². The second kappa shape index (κ2) is 8.50. The van der Waals surface area contributed by atoms with Gasteiger partial charge in [0.1, 0.15) is 11.5 Å². The molecule has 0 radical (unpaired) electrons. The zero-order valence-corrected chi connectivity index (χ0v) is 18.1. The van der Waals surface area contributed by atoms with Crippen molar-refractivity contribution in [1.29, 1.82) is 0 Å². The van der Waals surface area contributed by atoms with E-state index in [0.29, 0.717) is 16.0 Å².